The zero-order valence-corrected chi connectivity index (χ0v) is 12.7. The van der Waals surface area contributed by atoms with Crippen LogP contribution in [0.3, 0.4) is 0 Å². The van der Waals surface area contributed by atoms with E-state index in [2.05, 4.69) is 4.90 Å². The lowest BCUT2D eigenvalue weighted by atomic mass is 10.0. The van der Waals surface area contributed by atoms with Crippen LogP contribution in [-0.2, 0) is 9.53 Å². The van der Waals surface area contributed by atoms with Crippen LogP contribution < -0.4 is 0 Å². The lowest BCUT2D eigenvalue weighted by Crippen LogP contribution is -2.42. The minimum absolute atomic E-state index is 0.313. The highest BCUT2D eigenvalue weighted by molar-refractivity contribution is 6.17. The molecule has 4 unspecified atom stereocenters. The number of hydrogen-bond acceptors (Lipinski definition) is 2. The van der Waals surface area contributed by atoms with Crippen molar-refractivity contribution in [2.24, 2.45) is 29.6 Å². The van der Waals surface area contributed by atoms with Crippen LogP contribution in [0.5, 0.6) is 0 Å². The van der Waals surface area contributed by atoms with Crippen molar-refractivity contribution < 1.29 is 9.53 Å². The van der Waals surface area contributed by atoms with Crippen LogP contribution in [-0.4, -0.2) is 42.5 Å². The van der Waals surface area contributed by atoms with Gasteiger partial charge in [-0.05, 0) is 55.8 Å². The molecule has 0 spiro atoms. The van der Waals surface area contributed by atoms with Crippen molar-refractivity contribution in [3.8, 4) is 0 Å². The van der Waals surface area contributed by atoms with E-state index in [0.717, 1.165) is 49.6 Å². The molecule has 4 aliphatic rings. The van der Waals surface area contributed by atoms with E-state index >= 15 is 0 Å². The van der Waals surface area contributed by atoms with Crippen LogP contribution in [0.4, 0.5) is 0 Å². The average Bonchev–Trinajstić information content (AvgIpc) is 2.92. The van der Waals surface area contributed by atoms with Gasteiger partial charge in [-0.15, -0.1) is 11.6 Å². The Balaban J connectivity index is 1.29. The Morgan fingerprint density at radius 2 is 1.75 bits per heavy atom. The molecule has 0 aromatic heterocycles. The summed E-state index contributed by atoms with van der Waals surface area (Å²) in [4.78, 5) is 14.8. The van der Waals surface area contributed by atoms with Gasteiger partial charge in [0.15, 0.2) is 0 Å². The summed E-state index contributed by atoms with van der Waals surface area (Å²) in [6, 6.07) is 0. The Labute approximate surface area is 126 Å². The molecule has 4 fully saturated rings. The lowest BCUT2D eigenvalue weighted by molar-refractivity contribution is -0.136. The van der Waals surface area contributed by atoms with Crippen molar-refractivity contribution in [2.45, 2.75) is 38.2 Å². The van der Waals surface area contributed by atoms with Crippen LogP contribution in [0.2, 0.25) is 0 Å². The fourth-order valence-electron chi connectivity index (χ4n) is 5.32. The topological polar surface area (TPSA) is 29.5 Å². The number of fused-ring (bicyclic) bond motifs is 5. The Morgan fingerprint density at radius 1 is 1.10 bits per heavy atom. The highest BCUT2D eigenvalue weighted by Crippen LogP contribution is 2.69. The summed E-state index contributed by atoms with van der Waals surface area (Å²) in [5, 5.41) is 0. The minimum Gasteiger partial charge on any atom is -0.377 e. The second-order valence-corrected chi connectivity index (χ2v) is 7.48. The smallest absolute Gasteiger partial charge is 0.226 e. The van der Waals surface area contributed by atoms with E-state index in [0.29, 0.717) is 30.4 Å². The molecule has 1 aliphatic heterocycles. The molecule has 1 saturated heterocycles. The van der Waals surface area contributed by atoms with E-state index in [1.807, 2.05) is 0 Å². The number of amides is 1. The molecule has 0 radical (unpaired) electrons. The number of likely N-dealkylation sites (tertiary alicyclic amines) is 1. The number of carbonyl (C=O) groups is 1. The number of rotatable bonds is 4. The summed E-state index contributed by atoms with van der Waals surface area (Å²) in [5.41, 5.74) is 0. The zero-order chi connectivity index (χ0) is 13.7. The average molecular weight is 298 g/mol. The molecule has 3 saturated carbocycles. The molecule has 3 nitrogen and oxygen atoms in total. The summed E-state index contributed by atoms with van der Waals surface area (Å²) < 4.78 is 5.69. The SMILES string of the molecule is O=C(C1C2C3CCC(C3)C12)N1CCC(OCCCl)CC1. The number of piperidine rings is 1. The number of hydrogen-bond donors (Lipinski definition) is 0. The van der Waals surface area contributed by atoms with E-state index in [4.69, 9.17) is 16.3 Å². The summed E-state index contributed by atoms with van der Waals surface area (Å²) in [6.45, 7) is 2.41. The van der Waals surface area contributed by atoms with Crippen molar-refractivity contribution in [3.05, 3.63) is 0 Å². The largest absolute Gasteiger partial charge is 0.377 e. The van der Waals surface area contributed by atoms with E-state index in [9.17, 15) is 4.79 Å². The van der Waals surface area contributed by atoms with E-state index in [1.54, 1.807) is 0 Å². The molecule has 1 amide bonds. The van der Waals surface area contributed by atoms with Gasteiger partial charge in [0.2, 0.25) is 5.91 Å². The van der Waals surface area contributed by atoms with Gasteiger partial charge in [0, 0.05) is 24.9 Å². The standard InChI is InChI=1S/C16H24ClNO2/c17-5-8-20-12-3-6-18(7-4-12)16(19)15-13-10-1-2-11(9-10)14(13)15/h10-15H,1-9H2. The maximum atomic E-state index is 12.7. The van der Waals surface area contributed by atoms with Gasteiger partial charge in [0.05, 0.1) is 12.7 Å². The van der Waals surface area contributed by atoms with Crippen LogP contribution in [0.1, 0.15) is 32.1 Å². The van der Waals surface area contributed by atoms with E-state index in [1.165, 1.54) is 19.3 Å². The maximum Gasteiger partial charge on any atom is 0.226 e. The molecule has 20 heavy (non-hydrogen) atoms. The number of ether oxygens (including phenoxy) is 1. The Hall–Kier alpha value is -0.280. The zero-order valence-electron chi connectivity index (χ0n) is 12.0. The lowest BCUT2D eigenvalue weighted by Gasteiger charge is -2.32. The Bertz CT molecular complexity index is 378. The van der Waals surface area contributed by atoms with Gasteiger partial charge in [0.25, 0.3) is 0 Å². The van der Waals surface area contributed by atoms with Crippen LogP contribution >= 0.6 is 11.6 Å². The predicted molar refractivity (Wildman–Crippen MR) is 77.6 cm³/mol. The van der Waals surface area contributed by atoms with Crippen molar-refractivity contribution in [1.82, 2.24) is 4.90 Å². The van der Waals surface area contributed by atoms with Gasteiger partial charge >= 0.3 is 0 Å². The molecule has 4 atom stereocenters. The predicted octanol–water partition coefficient (Wildman–Crippen LogP) is 2.52. The fourth-order valence-corrected chi connectivity index (χ4v) is 5.41. The highest BCUT2D eigenvalue weighted by Gasteiger charge is 2.67. The molecule has 0 N–H and O–H groups in total. The first-order valence-electron chi connectivity index (χ1n) is 8.26. The third-order valence-corrected chi connectivity index (χ3v) is 6.36. The van der Waals surface area contributed by atoms with Crippen LogP contribution in [0.25, 0.3) is 0 Å². The first kappa shape index (κ1) is 13.4. The molecule has 4 heteroatoms. The third kappa shape index (κ3) is 2.09. The fraction of sp³-hybridized carbons (Fsp3) is 0.938. The van der Waals surface area contributed by atoms with Crippen LogP contribution in [0, 0.1) is 29.6 Å². The monoisotopic (exact) mass is 297 g/mol. The first-order chi connectivity index (χ1) is 9.79. The number of nitrogens with zero attached hydrogens (tertiary/aromatic N) is 1. The van der Waals surface area contributed by atoms with Crippen molar-refractivity contribution in [1.29, 1.82) is 0 Å². The molecule has 4 rings (SSSR count). The molecule has 0 aromatic rings. The van der Waals surface area contributed by atoms with E-state index in [-0.39, 0.29) is 0 Å². The molecule has 2 bridgehead atoms. The van der Waals surface area contributed by atoms with Gasteiger partial charge in [-0.2, -0.15) is 0 Å². The summed E-state index contributed by atoms with van der Waals surface area (Å²) in [7, 11) is 0. The van der Waals surface area contributed by atoms with Gasteiger partial charge in [-0.1, -0.05) is 0 Å². The summed E-state index contributed by atoms with van der Waals surface area (Å²) in [5.74, 6) is 4.76. The van der Waals surface area contributed by atoms with Gasteiger partial charge in [-0.25, -0.2) is 0 Å². The second kappa shape index (κ2) is 5.17. The third-order valence-electron chi connectivity index (χ3n) is 6.20. The molecule has 3 aliphatic carbocycles. The molecule has 112 valence electrons. The Morgan fingerprint density at radius 3 is 2.35 bits per heavy atom. The Kier molecular flexibility index (Phi) is 3.46. The van der Waals surface area contributed by atoms with Crippen molar-refractivity contribution in [3.63, 3.8) is 0 Å². The van der Waals surface area contributed by atoms with Crippen molar-refractivity contribution >= 4 is 17.5 Å². The quantitative estimate of drug-likeness (QED) is 0.746. The van der Waals surface area contributed by atoms with Crippen LogP contribution in [0.15, 0.2) is 0 Å². The molecular weight excluding hydrogens is 274 g/mol. The number of alkyl halides is 1. The highest BCUT2D eigenvalue weighted by atomic mass is 35.5. The van der Waals surface area contributed by atoms with Gasteiger partial charge in [0.1, 0.15) is 0 Å². The minimum atomic E-state index is 0.313. The van der Waals surface area contributed by atoms with Gasteiger partial charge < -0.3 is 9.64 Å². The summed E-state index contributed by atoms with van der Waals surface area (Å²) >= 11 is 5.65. The van der Waals surface area contributed by atoms with Crippen molar-refractivity contribution in [2.75, 3.05) is 25.6 Å². The van der Waals surface area contributed by atoms with Gasteiger partial charge in [-0.3, -0.25) is 4.79 Å². The molecule has 0 aromatic carbocycles. The second-order valence-electron chi connectivity index (χ2n) is 7.10. The number of carbonyl (C=O) groups excluding carboxylic acids is 1. The summed E-state index contributed by atoms with van der Waals surface area (Å²) in [6.07, 6.45) is 6.49. The van der Waals surface area contributed by atoms with E-state index < -0.39 is 0 Å². The molecule has 1 heterocycles. The maximum absolute atomic E-state index is 12.7. The molecular formula is C16H24ClNO2. The number of halogens is 1. The normalized spacial score (nSPS) is 42.9. The first-order valence-corrected chi connectivity index (χ1v) is 8.79.